The van der Waals surface area contributed by atoms with Gasteiger partial charge in [-0.3, -0.25) is 4.55 Å². The van der Waals surface area contributed by atoms with Crippen LogP contribution in [0.15, 0.2) is 29.2 Å². The van der Waals surface area contributed by atoms with Crippen LogP contribution in [-0.2, 0) is 31.5 Å². The summed E-state index contributed by atoms with van der Waals surface area (Å²) in [5.74, 6) is -6.60. The molecule has 0 saturated carbocycles. The van der Waals surface area contributed by atoms with Crippen LogP contribution in [0.4, 0.5) is 0 Å². The van der Waals surface area contributed by atoms with Crippen molar-refractivity contribution < 1.29 is 51.7 Å². The number of carbonyl (C=O) groups is 1. The lowest BCUT2D eigenvalue weighted by Crippen LogP contribution is -2.09. The van der Waals surface area contributed by atoms with Gasteiger partial charge in [-0.1, -0.05) is 0 Å². The maximum absolute atomic E-state index is 12.3. The van der Waals surface area contributed by atoms with Gasteiger partial charge in [-0.05, 0) is 18.2 Å². The van der Waals surface area contributed by atoms with Crippen LogP contribution in [0.3, 0.4) is 0 Å². The number of carboxylic acid groups (broad SMARTS) is 1. The Hall–Kier alpha value is -3.03. The predicted octanol–water partition coefficient (Wildman–Crippen LogP) is 0.569. The molecule has 28 heavy (non-hydrogen) atoms. The largest absolute Gasteiger partial charge is 0.508 e. The van der Waals surface area contributed by atoms with Crippen molar-refractivity contribution in [3.05, 3.63) is 41.0 Å². The number of phenolic OH excluding ortho intramolecular Hbond substituents is 3. The minimum Gasteiger partial charge on any atom is -0.508 e. The van der Waals surface area contributed by atoms with Crippen molar-refractivity contribution in [1.82, 2.24) is 0 Å². The Balaban J connectivity index is 2.37. The normalized spacial score (nSPS) is 12.0. The van der Waals surface area contributed by atoms with Crippen LogP contribution in [0.25, 0.3) is 0 Å². The summed E-state index contributed by atoms with van der Waals surface area (Å²) in [6, 6.07) is 2.54. The van der Waals surface area contributed by atoms with Crippen LogP contribution in [0, 0.1) is 0 Å². The first-order chi connectivity index (χ1) is 12.7. The lowest BCUT2D eigenvalue weighted by atomic mass is 10.1. The van der Waals surface area contributed by atoms with Crippen LogP contribution >= 0.6 is 0 Å². The summed E-state index contributed by atoms with van der Waals surface area (Å²) in [6.07, 6.45) is 0. The molecular formula is C15H14O11S2. The number of sulfone groups is 1. The van der Waals surface area contributed by atoms with E-state index in [0.29, 0.717) is 18.2 Å². The van der Waals surface area contributed by atoms with E-state index in [1.54, 1.807) is 0 Å². The van der Waals surface area contributed by atoms with Gasteiger partial charge < -0.3 is 25.5 Å². The molecule has 0 amide bonds. The summed E-state index contributed by atoms with van der Waals surface area (Å²) in [5, 5.41) is 47.7. The predicted molar refractivity (Wildman–Crippen MR) is 92.6 cm³/mol. The van der Waals surface area contributed by atoms with Crippen LogP contribution in [0.1, 0.15) is 21.5 Å². The molecular weight excluding hydrogens is 420 g/mol. The molecule has 0 aliphatic carbocycles. The van der Waals surface area contributed by atoms with Crippen molar-refractivity contribution in [3.63, 3.8) is 0 Å². The van der Waals surface area contributed by atoms with E-state index >= 15 is 0 Å². The molecule has 0 aliphatic rings. The molecule has 0 aromatic heterocycles. The molecule has 0 spiro atoms. The molecule has 2 aromatic rings. The van der Waals surface area contributed by atoms with Gasteiger partial charge in [0, 0.05) is 17.2 Å². The molecule has 6 N–H and O–H groups in total. The number of aromatic hydroxyl groups is 4. The van der Waals surface area contributed by atoms with Gasteiger partial charge in [0.1, 0.15) is 33.5 Å². The summed E-state index contributed by atoms with van der Waals surface area (Å²) < 4.78 is 55.7. The monoisotopic (exact) mass is 434 g/mol. The molecule has 0 atom stereocenters. The molecule has 0 radical (unpaired) electrons. The number of rotatable bonds is 6. The average Bonchev–Trinajstić information content (AvgIpc) is 2.51. The number of carboxylic acids is 1. The lowest BCUT2D eigenvalue weighted by Gasteiger charge is -2.11. The summed E-state index contributed by atoms with van der Waals surface area (Å²) >= 11 is 0. The van der Waals surface area contributed by atoms with Gasteiger partial charge in [-0.15, -0.1) is 0 Å². The minimum atomic E-state index is -4.85. The van der Waals surface area contributed by atoms with E-state index in [2.05, 4.69) is 0 Å². The Morgan fingerprint density at radius 2 is 1.21 bits per heavy atom. The summed E-state index contributed by atoms with van der Waals surface area (Å²) in [6.45, 7) is 0. The minimum absolute atomic E-state index is 0.319. The van der Waals surface area contributed by atoms with Crippen LogP contribution in [-0.4, -0.2) is 52.9 Å². The molecule has 0 aliphatic heterocycles. The quantitative estimate of drug-likeness (QED) is 0.273. The van der Waals surface area contributed by atoms with Crippen molar-refractivity contribution in [2.24, 2.45) is 0 Å². The highest BCUT2D eigenvalue weighted by molar-refractivity contribution is 7.89. The van der Waals surface area contributed by atoms with E-state index in [1.807, 2.05) is 0 Å². The maximum Gasteiger partial charge on any atom is 0.339 e. The molecule has 0 fully saturated rings. The van der Waals surface area contributed by atoms with Gasteiger partial charge in [0.2, 0.25) is 0 Å². The molecule has 2 aromatic carbocycles. The average molecular weight is 434 g/mol. The van der Waals surface area contributed by atoms with Gasteiger partial charge in [-0.2, -0.15) is 8.42 Å². The highest BCUT2D eigenvalue weighted by Crippen LogP contribution is 2.33. The van der Waals surface area contributed by atoms with E-state index in [1.165, 1.54) is 0 Å². The zero-order valence-electron chi connectivity index (χ0n) is 13.8. The van der Waals surface area contributed by atoms with Crippen molar-refractivity contribution in [2.45, 2.75) is 16.4 Å². The van der Waals surface area contributed by atoms with Gasteiger partial charge in [0.25, 0.3) is 10.1 Å². The van der Waals surface area contributed by atoms with Crippen molar-refractivity contribution in [3.8, 4) is 23.0 Å². The second kappa shape index (κ2) is 7.18. The summed E-state index contributed by atoms with van der Waals surface area (Å²) in [5.41, 5.74) is -1.35. The van der Waals surface area contributed by atoms with Gasteiger partial charge in [0.15, 0.2) is 9.84 Å². The van der Waals surface area contributed by atoms with Gasteiger partial charge in [-0.25, -0.2) is 13.2 Å². The second-order valence-corrected chi connectivity index (χ2v) is 9.21. The standard InChI is InChI=1S/C15H14O11S2/c16-10-3-9(15(20)21)12(18)1-7(10)5-27(22,23)6-8-2-13(19)14(4-11(8)17)28(24,25)26/h1-4,16-19H,5-6H2,(H,20,21)(H,24,25,26). The molecule has 0 bridgehead atoms. The zero-order valence-corrected chi connectivity index (χ0v) is 15.4. The Kier molecular flexibility index (Phi) is 5.45. The second-order valence-electron chi connectivity index (χ2n) is 5.76. The number of benzene rings is 2. The molecule has 0 saturated heterocycles. The van der Waals surface area contributed by atoms with Gasteiger partial charge in [0.05, 0.1) is 11.5 Å². The van der Waals surface area contributed by atoms with Crippen LogP contribution < -0.4 is 0 Å². The Morgan fingerprint density at radius 3 is 1.68 bits per heavy atom. The van der Waals surface area contributed by atoms with E-state index in [-0.39, 0.29) is 5.56 Å². The molecule has 13 heteroatoms. The molecule has 2 rings (SSSR count). The zero-order chi connectivity index (χ0) is 21.4. The van der Waals surface area contributed by atoms with E-state index in [4.69, 9.17) is 9.66 Å². The molecule has 0 unspecified atom stereocenters. The van der Waals surface area contributed by atoms with E-state index < -0.39 is 76.5 Å². The number of hydrogen-bond acceptors (Lipinski definition) is 9. The van der Waals surface area contributed by atoms with Crippen molar-refractivity contribution in [1.29, 1.82) is 0 Å². The third kappa shape index (κ3) is 4.62. The molecule has 152 valence electrons. The lowest BCUT2D eigenvalue weighted by molar-refractivity contribution is 0.0693. The van der Waals surface area contributed by atoms with Crippen LogP contribution in [0.2, 0.25) is 0 Å². The van der Waals surface area contributed by atoms with Crippen molar-refractivity contribution in [2.75, 3.05) is 0 Å². The third-order valence-corrected chi connectivity index (χ3v) is 6.00. The molecule has 11 nitrogen and oxygen atoms in total. The van der Waals surface area contributed by atoms with Crippen molar-refractivity contribution >= 4 is 25.9 Å². The first-order valence-corrected chi connectivity index (χ1v) is 10.5. The smallest absolute Gasteiger partial charge is 0.339 e. The Labute approximate surface area is 158 Å². The maximum atomic E-state index is 12.3. The van der Waals surface area contributed by atoms with E-state index in [9.17, 15) is 42.1 Å². The first-order valence-electron chi connectivity index (χ1n) is 7.22. The topological polar surface area (TPSA) is 207 Å². The fourth-order valence-corrected chi connectivity index (χ4v) is 4.45. The third-order valence-electron chi connectivity index (χ3n) is 3.62. The first kappa shape index (κ1) is 21.3. The molecule has 0 heterocycles. The number of phenols is 4. The highest BCUT2D eigenvalue weighted by atomic mass is 32.2. The summed E-state index contributed by atoms with van der Waals surface area (Å²) in [7, 11) is -9.00. The van der Waals surface area contributed by atoms with Crippen LogP contribution in [0.5, 0.6) is 23.0 Å². The van der Waals surface area contributed by atoms with E-state index in [0.717, 1.165) is 6.07 Å². The Morgan fingerprint density at radius 1 is 0.750 bits per heavy atom. The fourth-order valence-electron chi connectivity index (χ4n) is 2.36. The SMILES string of the molecule is O=C(O)c1cc(O)c(CS(=O)(=O)Cc2cc(O)c(S(=O)(=O)O)cc2O)cc1O. The Bertz CT molecular complexity index is 1160. The number of hydrogen-bond donors (Lipinski definition) is 6. The fraction of sp³-hybridized carbons (Fsp3) is 0.133. The summed E-state index contributed by atoms with van der Waals surface area (Å²) in [4.78, 5) is 9.86. The van der Waals surface area contributed by atoms with Gasteiger partial charge >= 0.3 is 5.97 Å². The highest BCUT2D eigenvalue weighted by Gasteiger charge is 2.24. The number of aromatic carboxylic acids is 1.